The van der Waals surface area contributed by atoms with Gasteiger partial charge in [0.05, 0.1) is 14.2 Å². The molecule has 0 unspecified atom stereocenters. The van der Waals surface area contributed by atoms with Crippen molar-refractivity contribution < 1.29 is 19.4 Å². The summed E-state index contributed by atoms with van der Waals surface area (Å²) >= 11 is 0.957. The summed E-state index contributed by atoms with van der Waals surface area (Å²) in [6.45, 7) is 1.74. The normalized spacial score (nSPS) is 11.3. The zero-order valence-electron chi connectivity index (χ0n) is 12.3. The van der Waals surface area contributed by atoms with E-state index < -0.39 is 5.97 Å². The van der Waals surface area contributed by atoms with Gasteiger partial charge in [-0.1, -0.05) is 0 Å². The molecule has 2 rings (SSSR count). The first-order chi connectivity index (χ1) is 10.5. The number of carbonyl (C=O) groups is 1. The molecule has 1 heterocycles. The first-order valence-electron chi connectivity index (χ1n) is 6.27. The van der Waals surface area contributed by atoms with Crippen LogP contribution in [0.15, 0.2) is 28.3 Å². The predicted molar refractivity (Wildman–Crippen MR) is 82.1 cm³/mol. The summed E-state index contributed by atoms with van der Waals surface area (Å²) in [6.07, 6.45) is 1.50. The molecular formula is C14H15N3O4S. The van der Waals surface area contributed by atoms with Gasteiger partial charge in [-0.25, -0.2) is 9.78 Å². The number of H-pyrrole nitrogens is 1. The molecule has 7 nitrogen and oxygen atoms in total. The highest BCUT2D eigenvalue weighted by Gasteiger charge is 2.14. The van der Waals surface area contributed by atoms with E-state index in [1.54, 1.807) is 32.2 Å². The van der Waals surface area contributed by atoms with Gasteiger partial charge in [0.15, 0.2) is 0 Å². The average molecular weight is 321 g/mol. The van der Waals surface area contributed by atoms with Crippen molar-refractivity contribution in [2.75, 3.05) is 14.2 Å². The fourth-order valence-corrected chi connectivity index (χ4v) is 2.44. The summed E-state index contributed by atoms with van der Waals surface area (Å²) < 4.78 is 10.4. The maximum absolute atomic E-state index is 11.4. The van der Waals surface area contributed by atoms with Gasteiger partial charge in [-0.15, -0.1) is 5.10 Å². The molecule has 0 radical (unpaired) electrons. The SMILES string of the molecule is COc1ccc(OC)c(/C=C(\Sc2n[nH]c(C)n2)C(=O)O)c1. The predicted octanol–water partition coefficient (Wildman–Crippen LogP) is 2.35. The number of aryl methyl sites for hydroxylation is 1. The molecule has 8 heteroatoms. The number of hydrogen-bond donors (Lipinski definition) is 2. The summed E-state index contributed by atoms with van der Waals surface area (Å²) in [5.74, 6) is 0.699. The summed E-state index contributed by atoms with van der Waals surface area (Å²) in [5.41, 5.74) is 0.596. The number of thioether (sulfide) groups is 1. The topological polar surface area (TPSA) is 97.3 Å². The highest BCUT2D eigenvalue weighted by Crippen LogP contribution is 2.31. The molecule has 0 spiro atoms. The van der Waals surface area contributed by atoms with Gasteiger partial charge in [0.25, 0.3) is 0 Å². The number of nitrogens with zero attached hydrogens (tertiary/aromatic N) is 2. The van der Waals surface area contributed by atoms with Crippen molar-refractivity contribution in [3.63, 3.8) is 0 Å². The van der Waals surface area contributed by atoms with Gasteiger partial charge in [0.2, 0.25) is 5.16 Å². The largest absolute Gasteiger partial charge is 0.497 e. The van der Waals surface area contributed by atoms with Gasteiger partial charge < -0.3 is 14.6 Å². The van der Waals surface area contributed by atoms with E-state index in [9.17, 15) is 9.90 Å². The van der Waals surface area contributed by atoms with E-state index in [2.05, 4.69) is 15.2 Å². The van der Waals surface area contributed by atoms with Crippen LogP contribution >= 0.6 is 11.8 Å². The number of aromatic amines is 1. The first-order valence-corrected chi connectivity index (χ1v) is 7.09. The van der Waals surface area contributed by atoms with Crippen LogP contribution in [-0.4, -0.2) is 40.5 Å². The van der Waals surface area contributed by atoms with Crippen molar-refractivity contribution in [3.8, 4) is 11.5 Å². The Kier molecular flexibility index (Phi) is 5.05. The minimum Gasteiger partial charge on any atom is -0.497 e. The third-order valence-corrected chi connectivity index (χ3v) is 3.59. The van der Waals surface area contributed by atoms with Crippen molar-refractivity contribution >= 4 is 23.8 Å². The van der Waals surface area contributed by atoms with Crippen molar-refractivity contribution in [1.82, 2.24) is 15.2 Å². The smallest absolute Gasteiger partial charge is 0.342 e. The van der Waals surface area contributed by atoms with E-state index in [0.29, 0.717) is 28.0 Å². The molecule has 0 fully saturated rings. The van der Waals surface area contributed by atoms with Gasteiger partial charge in [0.1, 0.15) is 22.2 Å². The second-order valence-electron chi connectivity index (χ2n) is 4.23. The number of benzene rings is 1. The van der Waals surface area contributed by atoms with E-state index in [1.807, 2.05) is 0 Å². The van der Waals surface area contributed by atoms with Crippen LogP contribution < -0.4 is 9.47 Å². The standard InChI is InChI=1S/C14H15N3O4S/c1-8-15-14(17-16-8)22-12(13(18)19)7-9-6-10(20-2)4-5-11(9)21-3/h4-7H,1-3H3,(H,18,19)(H,15,16,17)/b12-7-. The van der Waals surface area contributed by atoms with Crippen LogP contribution in [0.1, 0.15) is 11.4 Å². The van der Waals surface area contributed by atoms with E-state index in [1.165, 1.54) is 13.2 Å². The number of nitrogens with one attached hydrogen (secondary N) is 1. The number of aliphatic carboxylic acids is 1. The maximum Gasteiger partial charge on any atom is 0.342 e. The summed E-state index contributed by atoms with van der Waals surface area (Å²) in [4.78, 5) is 15.6. The average Bonchev–Trinajstić information content (AvgIpc) is 2.91. The Balaban J connectivity index is 2.39. The van der Waals surface area contributed by atoms with Crippen LogP contribution in [0.2, 0.25) is 0 Å². The highest BCUT2D eigenvalue weighted by molar-refractivity contribution is 8.04. The Hall–Kier alpha value is -2.48. The minimum atomic E-state index is -1.07. The van der Waals surface area contributed by atoms with E-state index >= 15 is 0 Å². The lowest BCUT2D eigenvalue weighted by Crippen LogP contribution is -1.98. The van der Waals surface area contributed by atoms with Crippen molar-refractivity contribution in [1.29, 1.82) is 0 Å². The third kappa shape index (κ3) is 3.79. The van der Waals surface area contributed by atoms with Crippen LogP contribution in [0, 0.1) is 6.92 Å². The molecule has 0 bridgehead atoms. The zero-order chi connectivity index (χ0) is 16.1. The molecule has 2 N–H and O–H groups in total. The van der Waals surface area contributed by atoms with Crippen LogP contribution in [0.3, 0.4) is 0 Å². The molecule has 0 amide bonds. The lowest BCUT2D eigenvalue weighted by Gasteiger charge is -2.08. The Morgan fingerprint density at radius 3 is 2.68 bits per heavy atom. The number of ether oxygens (including phenoxy) is 2. The highest BCUT2D eigenvalue weighted by atomic mass is 32.2. The molecule has 116 valence electrons. The Labute approximate surface area is 131 Å². The number of carboxylic acid groups (broad SMARTS) is 1. The number of aromatic nitrogens is 3. The van der Waals surface area contributed by atoms with Crippen LogP contribution in [-0.2, 0) is 4.79 Å². The Bertz CT molecular complexity index is 712. The van der Waals surface area contributed by atoms with Gasteiger partial charge in [-0.2, -0.15) is 0 Å². The second-order valence-corrected chi connectivity index (χ2v) is 5.24. The molecule has 2 aromatic rings. The van der Waals surface area contributed by atoms with E-state index in [4.69, 9.17) is 9.47 Å². The van der Waals surface area contributed by atoms with Gasteiger partial charge in [-0.05, 0) is 43.0 Å². The van der Waals surface area contributed by atoms with Gasteiger partial charge in [-0.3, -0.25) is 5.10 Å². The molecule has 0 atom stereocenters. The number of rotatable bonds is 6. The fourth-order valence-electron chi connectivity index (χ4n) is 1.69. The van der Waals surface area contributed by atoms with Crippen molar-refractivity contribution in [3.05, 3.63) is 34.5 Å². The van der Waals surface area contributed by atoms with Crippen LogP contribution in [0.4, 0.5) is 0 Å². The van der Waals surface area contributed by atoms with Crippen molar-refractivity contribution in [2.45, 2.75) is 12.1 Å². The minimum absolute atomic E-state index is 0.0746. The maximum atomic E-state index is 11.4. The monoisotopic (exact) mass is 321 g/mol. The van der Waals surface area contributed by atoms with Crippen LogP contribution in [0.25, 0.3) is 6.08 Å². The number of carboxylic acids is 1. The Morgan fingerprint density at radius 1 is 1.36 bits per heavy atom. The van der Waals surface area contributed by atoms with Crippen molar-refractivity contribution in [2.24, 2.45) is 0 Å². The van der Waals surface area contributed by atoms with Gasteiger partial charge in [0, 0.05) is 5.56 Å². The number of methoxy groups -OCH3 is 2. The molecule has 1 aromatic carbocycles. The molecule has 0 aliphatic carbocycles. The second kappa shape index (κ2) is 6.99. The molecule has 0 saturated heterocycles. The van der Waals surface area contributed by atoms with Gasteiger partial charge >= 0.3 is 5.97 Å². The molecule has 22 heavy (non-hydrogen) atoms. The molecule has 1 aromatic heterocycles. The quantitative estimate of drug-likeness (QED) is 0.622. The van der Waals surface area contributed by atoms with Crippen LogP contribution in [0.5, 0.6) is 11.5 Å². The first kappa shape index (κ1) is 15.9. The lowest BCUT2D eigenvalue weighted by atomic mass is 10.1. The zero-order valence-corrected chi connectivity index (χ0v) is 13.1. The summed E-state index contributed by atoms with van der Waals surface area (Å²) in [7, 11) is 3.06. The fraction of sp³-hybridized carbons (Fsp3) is 0.214. The molecule has 0 saturated carbocycles. The summed E-state index contributed by atoms with van der Waals surface area (Å²) in [6, 6.07) is 5.15. The molecule has 0 aliphatic rings. The lowest BCUT2D eigenvalue weighted by molar-refractivity contribution is -0.131. The van der Waals surface area contributed by atoms with E-state index in [0.717, 1.165) is 11.8 Å². The molecular weight excluding hydrogens is 306 g/mol. The summed E-state index contributed by atoms with van der Waals surface area (Å²) in [5, 5.41) is 16.3. The Morgan fingerprint density at radius 2 is 2.14 bits per heavy atom. The third-order valence-electron chi connectivity index (χ3n) is 2.71. The molecule has 0 aliphatic heterocycles. The number of hydrogen-bond acceptors (Lipinski definition) is 6. The van der Waals surface area contributed by atoms with E-state index in [-0.39, 0.29) is 4.91 Å².